The lowest BCUT2D eigenvalue weighted by molar-refractivity contribution is 0.249. The molecule has 230 valence electrons. The standard InChI is InChI=1S/C32H40N10OS/c1-7-20-18-25(27(43-5)19-26(20)42-16-11-21(12-17-42)40(2)3)37-32-38-30-22(10-13-35-30)31(39-32)36-24-9-8-23-28(34-15-14-33-23)29(24)41(4)44-6/h8-10,13-15,18-19,21H,7,11-12,16-17H2,1-6H3,(H3,35,36,37,38,39). The zero-order valence-corrected chi connectivity index (χ0v) is 27.0. The van der Waals surface area contributed by atoms with Gasteiger partial charge < -0.3 is 34.5 Å². The van der Waals surface area contributed by atoms with Crippen molar-refractivity contribution in [2.45, 2.75) is 32.2 Å². The maximum Gasteiger partial charge on any atom is 0.231 e. The monoisotopic (exact) mass is 612 g/mol. The predicted molar refractivity (Wildman–Crippen MR) is 183 cm³/mol. The molecule has 44 heavy (non-hydrogen) atoms. The molecule has 2 aromatic carbocycles. The minimum Gasteiger partial charge on any atom is -0.494 e. The Morgan fingerprint density at radius 3 is 2.55 bits per heavy atom. The van der Waals surface area contributed by atoms with Crippen LogP contribution in [0.4, 0.5) is 34.5 Å². The van der Waals surface area contributed by atoms with Crippen molar-refractivity contribution in [1.29, 1.82) is 0 Å². The van der Waals surface area contributed by atoms with Crippen molar-refractivity contribution in [2.24, 2.45) is 0 Å². The number of hydrogen-bond donors (Lipinski definition) is 3. The molecule has 1 fully saturated rings. The fourth-order valence-corrected chi connectivity index (χ4v) is 6.32. The van der Waals surface area contributed by atoms with Crippen LogP contribution in [0.1, 0.15) is 25.3 Å². The number of benzene rings is 2. The molecule has 3 N–H and O–H groups in total. The van der Waals surface area contributed by atoms with E-state index >= 15 is 0 Å². The average Bonchev–Trinajstić information content (AvgIpc) is 3.53. The van der Waals surface area contributed by atoms with E-state index in [0.717, 1.165) is 77.2 Å². The maximum absolute atomic E-state index is 5.90. The van der Waals surface area contributed by atoms with E-state index in [1.807, 2.05) is 37.7 Å². The van der Waals surface area contributed by atoms with Gasteiger partial charge in [-0.25, -0.2) is 0 Å². The summed E-state index contributed by atoms with van der Waals surface area (Å²) in [7, 11) is 8.08. The number of nitrogens with one attached hydrogen (secondary N) is 3. The molecule has 0 atom stereocenters. The number of aromatic nitrogens is 5. The zero-order valence-electron chi connectivity index (χ0n) is 26.2. The first-order valence-corrected chi connectivity index (χ1v) is 16.1. The molecule has 12 heteroatoms. The fourth-order valence-electron chi connectivity index (χ4n) is 5.95. The van der Waals surface area contributed by atoms with Crippen LogP contribution in [0.2, 0.25) is 0 Å². The van der Waals surface area contributed by atoms with E-state index in [-0.39, 0.29) is 0 Å². The summed E-state index contributed by atoms with van der Waals surface area (Å²) in [6, 6.07) is 10.9. The van der Waals surface area contributed by atoms with Crippen LogP contribution in [0.25, 0.3) is 22.1 Å². The number of methoxy groups -OCH3 is 1. The molecule has 0 amide bonds. The second kappa shape index (κ2) is 12.7. The third-order valence-electron chi connectivity index (χ3n) is 8.43. The van der Waals surface area contributed by atoms with Crippen molar-refractivity contribution in [1.82, 2.24) is 29.8 Å². The molecule has 0 spiro atoms. The van der Waals surface area contributed by atoms with Crippen molar-refractivity contribution in [3.8, 4) is 5.75 Å². The molecule has 3 aromatic heterocycles. The van der Waals surface area contributed by atoms with Gasteiger partial charge in [-0.2, -0.15) is 9.97 Å². The molecule has 4 heterocycles. The zero-order chi connectivity index (χ0) is 30.8. The molecule has 0 radical (unpaired) electrons. The lowest BCUT2D eigenvalue weighted by atomic mass is 10.0. The molecule has 0 aliphatic carbocycles. The fraction of sp³-hybridized carbons (Fsp3) is 0.375. The first-order valence-electron chi connectivity index (χ1n) is 14.9. The quantitative estimate of drug-likeness (QED) is 0.157. The summed E-state index contributed by atoms with van der Waals surface area (Å²) in [6.45, 7) is 4.26. The Hall–Kier alpha value is -4.29. The Labute approximate surface area is 262 Å². The molecule has 6 rings (SSSR count). The number of piperidine rings is 1. The highest BCUT2D eigenvalue weighted by molar-refractivity contribution is 7.99. The number of anilines is 6. The SMILES string of the molecule is CCc1cc(Nc2nc(Nc3ccc4nccnc4c3N(C)SC)c3cc[nH]c3n2)c(OC)cc1N1CCC(N(C)C)CC1. The van der Waals surface area contributed by atoms with Crippen LogP contribution in [0, 0.1) is 0 Å². The summed E-state index contributed by atoms with van der Waals surface area (Å²) < 4.78 is 7.98. The van der Waals surface area contributed by atoms with Crippen LogP contribution in [0.3, 0.4) is 0 Å². The van der Waals surface area contributed by atoms with Gasteiger partial charge in [-0.1, -0.05) is 18.9 Å². The summed E-state index contributed by atoms with van der Waals surface area (Å²) >= 11 is 1.60. The van der Waals surface area contributed by atoms with Crippen molar-refractivity contribution >= 4 is 68.5 Å². The predicted octanol–water partition coefficient (Wildman–Crippen LogP) is 6.20. The van der Waals surface area contributed by atoms with Gasteiger partial charge in [0.05, 0.1) is 35.1 Å². The van der Waals surface area contributed by atoms with Gasteiger partial charge >= 0.3 is 0 Å². The summed E-state index contributed by atoms with van der Waals surface area (Å²) in [5.74, 6) is 1.89. The average molecular weight is 613 g/mol. The van der Waals surface area contributed by atoms with Gasteiger partial charge in [-0.05, 0) is 63.2 Å². The number of aryl methyl sites for hydroxylation is 1. The van der Waals surface area contributed by atoms with Crippen LogP contribution in [0.5, 0.6) is 5.75 Å². The van der Waals surface area contributed by atoms with Crippen molar-refractivity contribution in [2.75, 3.05) is 67.4 Å². The summed E-state index contributed by atoms with van der Waals surface area (Å²) in [6.07, 6.45) is 10.5. The van der Waals surface area contributed by atoms with Crippen molar-refractivity contribution < 1.29 is 4.74 Å². The lowest BCUT2D eigenvalue weighted by Gasteiger charge is -2.37. The molecule has 0 unspecified atom stereocenters. The number of hydrogen-bond acceptors (Lipinski definition) is 11. The van der Waals surface area contributed by atoms with Gasteiger partial charge in [0.2, 0.25) is 5.95 Å². The van der Waals surface area contributed by atoms with E-state index in [2.05, 4.69) is 72.8 Å². The second-order valence-electron chi connectivity index (χ2n) is 11.2. The van der Waals surface area contributed by atoms with Gasteiger partial charge in [-0.3, -0.25) is 9.97 Å². The summed E-state index contributed by atoms with van der Waals surface area (Å²) in [5, 5.41) is 7.92. The number of rotatable bonds is 10. The third-order valence-corrected chi connectivity index (χ3v) is 9.17. The Morgan fingerprint density at radius 2 is 1.82 bits per heavy atom. The Morgan fingerprint density at radius 1 is 1.02 bits per heavy atom. The van der Waals surface area contributed by atoms with Crippen LogP contribution >= 0.6 is 11.9 Å². The number of nitrogens with zero attached hydrogens (tertiary/aromatic N) is 7. The van der Waals surface area contributed by atoms with E-state index < -0.39 is 0 Å². The van der Waals surface area contributed by atoms with Crippen LogP contribution in [0.15, 0.2) is 48.9 Å². The number of aromatic amines is 1. The molecule has 11 nitrogen and oxygen atoms in total. The Balaban J connectivity index is 1.34. The molecule has 1 aliphatic rings. The molecule has 1 saturated heterocycles. The van der Waals surface area contributed by atoms with E-state index in [1.165, 1.54) is 11.3 Å². The topological polar surface area (TPSA) is 110 Å². The number of fused-ring (bicyclic) bond motifs is 2. The smallest absolute Gasteiger partial charge is 0.231 e. The normalized spacial score (nSPS) is 14.0. The summed E-state index contributed by atoms with van der Waals surface area (Å²) in [5.41, 5.74) is 7.50. The highest BCUT2D eigenvalue weighted by Gasteiger charge is 2.24. The lowest BCUT2D eigenvalue weighted by Crippen LogP contribution is -2.42. The van der Waals surface area contributed by atoms with Gasteiger partial charge in [0.15, 0.2) is 0 Å². The molecule has 1 aliphatic heterocycles. The van der Waals surface area contributed by atoms with Gasteiger partial charge in [0.1, 0.15) is 22.7 Å². The highest BCUT2D eigenvalue weighted by Crippen LogP contribution is 2.39. The van der Waals surface area contributed by atoms with E-state index in [9.17, 15) is 0 Å². The van der Waals surface area contributed by atoms with Gasteiger partial charge in [0.25, 0.3) is 0 Å². The highest BCUT2D eigenvalue weighted by atomic mass is 32.2. The van der Waals surface area contributed by atoms with E-state index in [4.69, 9.17) is 14.7 Å². The minimum absolute atomic E-state index is 0.461. The molecule has 5 aromatic rings. The summed E-state index contributed by atoms with van der Waals surface area (Å²) in [4.78, 5) is 27.0. The van der Waals surface area contributed by atoms with E-state index in [1.54, 1.807) is 31.5 Å². The van der Waals surface area contributed by atoms with E-state index in [0.29, 0.717) is 17.8 Å². The number of ether oxygens (including phenoxy) is 1. The second-order valence-corrected chi connectivity index (χ2v) is 12.1. The van der Waals surface area contributed by atoms with Gasteiger partial charge in [-0.15, -0.1) is 0 Å². The molecular formula is C32H40N10OS. The molecule has 0 bridgehead atoms. The number of H-pyrrole nitrogens is 1. The van der Waals surface area contributed by atoms with Crippen LogP contribution < -0.4 is 24.6 Å². The minimum atomic E-state index is 0.461. The maximum atomic E-state index is 5.90. The third kappa shape index (κ3) is 5.79. The first-order chi connectivity index (χ1) is 21.4. The molecular weight excluding hydrogens is 572 g/mol. The van der Waals surface area contributed by atoms with Crippen molar-refractivity contribution in [3.63, 3.8) is 0 Å². The first kappa shape index (κ1) is 29.8. The Bertz CT molecular complexity index is 1770. The van der Waals surface area contributed by atoms with Gasteiger partial charge in [0, 0.05) is 62.8 Å². The largest absolute Gasteiger partial charge is 0.494 e. The Kier molecular flexibility index (Phi) is 8.62. The van der Waals surface area contributed by atoms with Crippen molar-refractivity contribution in [3.05, 3.63) is 54.5 Å². The molecule has 0 saturated carbocycles. The van der Waals surface area contributed by atoms with Crippen LogP contribution in [-0.2, 0) is 6.42 Å². The van der Waals surface area contributed by atoms with Crippen LogP contribution in [-0.4, -0.2) is 83.5 Å².